The SMILES string of the molecule is CCO[C@@H]1C[C@H](c2ccc(OC)cc2)N(C)O1. The largest absolute Gasteiger partial charge is 0.497 e. The molecule has 1 saturated heterocycles. The number of hydroxylamine groups is 2. The van der Waals surface area contributed by atoms with Gasteiger partial charge in [-0.15, -0.1) is 0 Å². The van der Waals surface area contributed by atoms with Gasteiger partial charge in [-0.1, -0.05) is 12.1 Å². The fourth-order valence-electron chi connectivity index (χ4n) is 2.09. The molecule has 17 heavy (non-hydrogen) atoms. The number of ether oxygens (including phenoxy) is 2. The first-order valence-corrected chi connectivity index (χ1v) is 5.89. The zero-order valence-electron chi connectivity index (χ0n) is 10.6. The molecule has 0 saturated carbocycles. The van der Waals surface area contributed by atoms with Crippen LogP contribution in [0.1, 0.15) is 24.9 Å². The van der Waals surface area contributed by atoms with Crippen LogP contribution in [-0.2, 0) is 9.57 Å². The predicted molar refractivity (Wildman–Crippen MR) is 64.6 cm³/mol. The third-order valence-electron chi connectivity index (χ3n) is 2.99. The molecule has 2 atom stereocenters. The van der Waals surface area contributed by atoms with Crippen LogP contribution in [-0.4, -0.2) is 32.1 Å². The quantitative estimate of drug-likeness (QED) is 0.804. The smallest absolute Gasteiger partial charge is 0.179 e. The number of benzene rings is 1. The molecule has 2 rings (SSSR count). The minimum Gasteiger partial charge on any atom is -0.497 e. The molecule has 0 aliphatic carbocycles. The topological polar surface area (TPSA) is 30.9 Å². The van der Waals surface area contributed by atoms with Crippen LogP contribution < -0.4 is 4.74 Å². The van der Waals surface area contributed by atoms with Crippen molar-refractivity contribution in [3.63, 3.8) is 0 Å². The fraction of sp³-hybridized carbons (Fsp3) is 0.538. The van der Waals surface area contributed by atoms with Gasteiger partial charge in [-0.05, 0) is 24.6 Å². The van der Waals surface area contributed by atoms with E-state index in [1.54, 1.807) is 7.11 Å². The van der Waals surface area contributed by atoms with Crippen molar-refractivity contribution in [3.8, 4) is 5.75 Å². The van der Waals surface area contributed by atoms with Crippen LogP contribution >= 0.6 is 0 Å². The first-order chi connectivity index (χ1) is 8.24. The summed E-state index contributed by atoms with van der Waals surface area (Å²) in [5.74, 6) is 0.872. The van der Waals surface area contributed by atoms with E-state index in [-0.39, 0.29) is 12.3 Å². The number of nitrogens with zero attached hydrogens (tertiary/aromatic N) is 1. The molecule has 94 valence electrons. The van der Waals surface area contributed by atoms with Gasteiger partial charge >= 0.3 is 0 Å². The summed E-state index contributed by atoms with van der Waals surface area (Å²) in [5, 5.41) is 1.86. The lowest BCUT2D eigenvalue weighted by atomic mass is 10.0. The Kier molecular flexibility index (Phi) is 3.99. The van der Waals surface area contributed by atoms with E-state index in [0.29, 0.717) is 6.61 Å². The van der Waals surface area contributed by atoms with Crippen molar-refractivity contribution in [2.24, 2.45) is 0 Å². The lowest BCUT2D eigenvalue weighted by molar-refractivity contribution is -0.227. The number of rotatable bonds is 4. The summed E-state index contributed by atoms with van der Waals surface area (Å²) in [7, 11) is 3.61. The second-order valence-electron chi connectivity index (χ2n) is 4.06. The Morgan fingerprint density at radius 1 is 1.35 bits per heavy atom. The molecular weight excluding hydrogens is 218 g/mol. The van der Waals surface area contributed by atoms with E-state index in [9.17, 15) is 0 Å². The van der Waals surface area contributed by atoms with Gasteiger partial charge in [-0.3, -0.25) is 4.84 Å². The van der Waals surface area contributed by atoms with Crippen LogP contribution in [0.4, 0.5) is 0 Å². The third-order valence-corrected chi connectivity index (χ3v) is 2.99. The molecule has 0 amide bonds. The van der Waals surface area contributed by atoms with Gasteiger partial charge in [0.05, 0.1) is 13.2 Å². The van der Waals surface area contributed by atoms with Gasteiger partial charge in [0.1, 0.15) is 5.75 Å². The van der Waals surface area contributed by atoms with Crippen LogP contribution in [0.15, 0.2) is 24.3 Å². The van der Waals surface area contributed by atoms with Crippen LogP contribution in [0.3, 0.4) is 0 Å². The molecule has 0 unspecified atom stereocenters. The third kappa shape index (κ3) is 2.77. The van der Waals surface area contributed by atoms with Gasteiger partial charge in [0.15, 0.2) is 6.29 Å². The molecule has 0 aromatic heterocycles. The highest BCUT2D eigenvalue weighted by Gasteiger charge is 2.32. The Morgan fingerprint density at radius 3 is 2.65 bits per heavy atom. The predicted octanol–water partition coefficient (Wildman–Crippen LogP) is 2.37. The summed E-state index contributed by atoms with van der Waals surface area (Å²) in [4.78, 5) is 5.61. The minimum absolute atomic E-state index is 0.128. The van der Waals surface area contributed by atoms with Crippen molar-refractivity contribution in [3.05, 3.63) is 29.8 Å². The Morgan fingerprint density at radius 2 is 2.06 bits per heavy atom. The fourth-order valence-corrected chi connectivity index (χ4v) is 2.09. The number of methoxy groups -OCH3 is 1. The zero-order valence-corrected chi connectivity index (χ0v) is 10.6. The van der Waals surface area contributed by atoms with Gasteiger partial charge in [0, 0.05) is 20.1 Å². The molecular formula is C13H19NO3. The Hall–Kier alpha value is -1.10. The highest BCUT2D eigenvalue weighted by atomic mass is 16.8. The van der Waals surface area contributed by atoms with Gasteiger partial charge in [-0.2, -0.15) is 5.06 Å². The van der Waals surface area contributed by atoms with Gasteiger partial charge in [0.2, 0.25) is 0 Å². The molecule has 1 aliphatic rings. The van der Waals surface area contributed by atoms with Crippen molar-refractivity contribution in [1.29, 1.82) is 0 Å². The summed E-state index contributed by atoms with van der Waals surface area (Å²) in [5.41, 5.74) is 1.22. The average Bonchev–Trinajstić information content (AvgIpc) is 2.71. The van der Waals surface area contributed by atoms with E-state index in [4.69, 9.17) is 14.3 Å². The molecule has 1 aliphatic heterocycles. The van der Waals surface area contributed by atoms with Crippen molar-refractivity contribution in [1.82, 2.24) is 5.06 Å². The van der Waals surface area contributed by atoms with Gasteiger partial charge in [0.25, 0.3) is 0 Å². The maximum Gasteiger partial charge on any atom is 0.179 e. The summed E-state index contributed by atoms with van der Waals surface area (Å²) in [6.45, 7) is 2.65. The summed E-state index contributed by atoms with van der Waals surface area (Å²) in [6, 6.07) is 8.32. The van der Waals surface area contributed by atoms with E-state index < -0.39 is 0 Å². The lowest BCUT2D eigenvalue weighted by Crippen LogP contribution is -2.17. The van der Waals surface area contributed by atoms with Crippen molar-refractivity contribution in [2.45, 2.75) is 25.7 Å². The molecule has 0 bridgehead atoms. The van der Waals surface area contributed by atoms with Crippen molar-refractivity contribution in [2.75, 3.05) is 20.8 Å². The van der Waals surface area contributed by atoms with Crippen LogP contribution in [0, 0.1) is 0 Å². The second-order valence-corrected chi connectivity index (χ2v) is 4.06. The number of hydrogen-bond acceptors (Lipinski definition) is 4. The minimum atomic E-state index is -0.128. The normalized spacial score (nSPS) is 25.1. The summed E-state index contributed by atoms with van der Waals surface area (Å²) < 4.78 is 10.6. The van der Waals surface area contributed by atoms with E-state index >= 15 is 0 Å². The number of hydrogen-bond donors (Lipinski definition) is 0. The van der Waals surface area contributed by atoms with Crippen LogP contribution in [0.2, 0.25) is 0 Å². The molecule has 4 nitrogen and oxygen atoms in total. The summed E-state index contributed by atoms with van der Waals surface area (Å²) >= 11 is 0. The maximum atomic E-state index is 5.61. The first kappa shape index (κ1) is 12.4. The Labute approximate surface area is 102 Å². The second kappa shape index (κ2) is 5.49. The highest BCUT2D eigenvalue weighted by Crippen LogP contribution is 2.33. The molecule has 4 heteroatoms. The molecule has 1 aromatic carbocycles. The van der Waals surface area contributed by atoms with E-state index in [2.05, 4.69) is 12.1 Å². The van der Waals surface area contributed by atoms with Crippen LogP contribution in [0.25, 0.3) is 0 Å². The zero-order chi connectivity index (χ0) is 12.3. The average molecular weight is 237 g/mol. The van der Waals surface area contributed by atoms with Gasteiger partial charge < -0.3 is 9.47 Å². The molecule has 0 radical (unpaired) electrons. The molecule has 1 aromatic rings. The lowest BCUT2D eigenvalue weighted by Gasteiger charge is -2.17. The van der Waals surface area contributed by atoms with E-state index in [1.807, 2.05) is 31.2 Å². The molecule has 1 heterocycles. The summed E-state index contributed by atoms with van der Waals surface area (Å²) in [6.07, 6.45) is 0.730. The van der Waals surface area contributed by atoms with Crippen molar-refractivity contribution < 1.29 is 14.3 Å². The molecule has 0 N–H and O–H groups in total. The van der Waals surface area contributed by atoms with Gasteiger partial charge in [-0.25, -0.2) is 0 Å². The Balaban J connectivity index is 2.06. The van der Waals surface area contributed by atoms with Crippen molar-refractivity contribution >= 4 is 0 Å². The molecule has 0 spiro atoms. The Bertz CT molecular complexity index is 352. The maximum absolute atomic E-state index is 5.61. The van der Waals surface area contributed by atoms with E-state index in [0.717, 1.165) is 12.2 Å². The standard InChI is InChI=1S/C13H19NO3/c1-4-16-13-9-12(14(2)17-13)10-5-7-11(15-3)8-6-10/h5-8,12-13H,4,9H2,1-3H3/t12-,13+/m1/s1. The monoisotopic (exact) mass is 237 g/mol. The van der Waals surface area contributed by atoms with E-state index in [1.165, 1.54) is 5.56 Å². The first-order valence-electron chi connectivity index (χ1n) is 5.89. The molecule has 1 fully saturated rings. The van der Waals surface area contributed by atoms with Crippen LogP contribution in [0.5, 0.6) is 5.75 Å². The highest BCUT2D eigenvalue weighted by molar-refractivity contribution is 5.29.